The number of likely N-dealkylation sites (N-methyl/N-ethyl adjacent to an activating group) is 1. The van der Waals surface area contributed by atoms with E-state index in [1.54, 1.807) is 32.9 Å². The quantitative estimate of drug-likeness (QED) is 0.353. The van der Waals surface area contributed by atoms with Crippen molar-refractivity contribution in [2.24, 2.45) is 0 Å². The van der Waals surface area contributed by atoms with Gasteiger partial charge in [0.15, 0.2) is 12.4 Å². The summed E-state index contributed by atoms with van der Waals surface area (Å²) in [4.78, 5) is 12.7. The van der Waals surface area contributed by atoms with Gasteiger partial charge in [0.25, 0.3) is 5.91 Å². The summed E-state index contributed by atoms with van der Waals surface area (Å²) in [5.74, 6) is -1.80. The van der Waals surface area contributed by atoms with E-state index in [1.807, 2.05) is 0 Å². The van der Waals surface area contributed by atoms with Gasteiger partial charge in [0.05, 0.1) is 11.6 Å². The van der Waals surface area contributed by atoms with Crippen LogP contribution in [0.5, 0.6) is 5.75 Å². The number of nitrogens with zero attached hydrogens (tertiary/aromatic N) is 3. The highest BCUT2D eigenvalue weighted by Crippen LogP contribution is 2.38. The van der Waals surface area contributed by atoms with Gasteiger partial charge in [-0.3, -0.25) is 10.0 Å². The van der Waals surface area contributed by atoms with Crippen LogP contribution >= 0.6 is 12.2 Å². The Hall–Kier alpha value is -3.43. The van der Waals surface area contributed by atoms with Crippen molar-refractivity contribution in [1.29, 1.82) is 5.26 Å². The Bertz CT molecular complexity index is 1110. The molecule has 0 spiro atoms. The highest BCUT2D eigenvalue weighted by molar-refractivity contribution is 7.80. The highest BCUT2D eigenvalue weighted by Gasteiger charge is 2.40. The maximum absolute atomic E-state index is 14.8. The average molecular weight is 499 g/mol. The third-order valence-electron chi connectivity index (χ3n) is 4.54. The summed E-state index contributed by atoms with van der Waals surface area (Å²) in [7, 11) is 1.46. The van der Waals surface area contributed by atoms with Crippen molar-refractivity contribution in [3.63, 3.8) is 0 Å². The number of rotatable bonds is 5. The number of alkyl halides is 3. The minimum Gasteiger partial charge on any atom is -0.484 e. The molecule has 0 aliphatic heterocycles. The van der Waals surface area contributed by atoms with Crippen molar-refractivity contribution in [2.75, 3.05) is 23.6 Å². The maximum atomic E-state index is 14.8. The lowest BCUT2D eigenvalue weighted by atomic mass is 10.0. The van der Waals surface area contributed by atoms with Gasteiger partial charge in [0, 0.05) is 18.3 Å². The first kappa shape index (κ1) is 26.8. The summed E-state index contributed by atoms with van der Waals surface area (Å²) in [5.41, 5.74) is -3.98. The number of thiocarbonyl (C=S) groups is 1. The van der Waals surface area contributed by atoms with Crippen molar-refractivity contribution in [3.8, 4) is 11.8 Å². The van der Waals surface area contributed by atoms with E-state index in [0.717, 1.165) is 12.1 Å². The average Bonchev–Trinajstić information content (AvgIpc) is 2.75. The van der Waals surface area contributed by atoms with E-state index in [1.165, 1.54) is 30.1 Å². The third-order valence-corrected chi connectivity index (χ3v) is 4.90. The second kappa shape index (κ2) is 10.2. The molecule has 1 amide bonds. The zero-order valence-corrected chi connectivity index (χ0v) is 19.5. The van der Waals surface area contributed by atoms with Crippen LogP contribution in [0.25, 0.3) is 0 Å². The van der Waals surface area contributed by atoms with Crippen LogP contribution in [0.2, 0.25) is 0 Å². The minimum absolute atomic E-state index is 0.127. The molecule has 2 aromatic carbocycles. The molecule has 0 unspecified atom stereocenters. The Balaban J connectivity index is 2.44. The standard InChI is InChI=1S/C22H22F4N4O3S/c1-21(2,3)29(14-6-8-15(9-7-14)33-12-17(31)28-4)20(34)30(32)16-10-5-13(11-27)18(19(16)23)22(24,25)26/h5-10,32H,12H2,1-4H3,(H,28,31). The second-order valence-corrected chi connectivity index (χ2v) is 8.35. The molecule has 2 N–H and O–H groups in total. The summed E-state index contributed by atoms with van der Waals surface area (Å²) in [5, 5.41) is 21.7. The van der Waals surface area contributed by atoms with E-state index in [-0.39, 0.29) is 17.6 Å². The van der Waals surface area contributed by atoms with Gasteiger partial charge in [-0.25, -0.2) is 4.39 Å². The van der Waals surface area contributed by atoms with Crippen molar-refractivity contribution < 1.29 is 32.3 Å². The number of hydroxylamine groups is 1. The summed E-state index contributed by atoms with van der Waals surface area (Å²) in [6.07, 6.45) is -5.16. The molecule has 34 heavy (non-hydrogen) atoms. The number of nitrogens with one attached hydrogen (secondary N) is 1. The van der Waals surface area contributed by atoms with Crippen LogP contribution in [0.4, 0.5) is 28.9 Å². The molecule has 0 radical (unpaired) electrons. The fourth-order valence-electron chi connectivity index (χ4n) is 2.99. The molecule has 0 aliphatic carbocycles. The summed E-state index contributed by atoms with van der Waals surface area (Å²) in [6, 6.07) is 9.07. The van der Waals surface area contributed by atoms with Gasteiger partial charge in [-0.2, -0.15) is 23.5 Å². The van der Waals surface area contributed by atoms with Gasteiger partial charge in [-0.05, 0) is 69.4 Å². The molecule has 182 valence electrons. The fourth-order valence-corrected chi connectivity index (χ4v) is 3.47. The molecule has 12 heteroatoms. The Kier molecular flexibility index (Phi) is 8.07. The molecule has 0 heterocycles. The van der Waals surface area contributed by atoms with Gasteiger partial charge >= 0.3 is 6.18 Å². The molecular formula is C22H22F4N4O3S. The zero-order chi connectivity index (χ0) is 25.8. The van der Waals surface area contributed by atoms with E-state index in [2.05, 4.69) is 5.32 Å². The minimum atomic E-state index is -5.16. The lowest BCUT2D eigenvalue weighted by Gasteiger charge is -2.40. The molecule has 0 aromatic heterocycles. The normalized spacial score (nSPS) is 11.4. The van der Waals surface area contributed by atoms with Crippen LogP contribution in [0.3, 0.4) is 0 Å². The predicted octanol–water partition coefficient (Wildman–Crippen LogP) is 4.63. The van der Waals surface area contributed by atoms with Gasteiger partial charge in [0.1, 0.15) is 17.0 Å². The Labute approximate surface area is 199 Å². The first-order valence-corrected chi connectivity index (χ1v) is 10.2. The number of anilines is 2. The topological polar surface area (TPSA) is 88.8 Å². The van der Waals surface area contributed by atoms with Gasteiger partial charge in [-0.15, -0.1) is 0 Å². The van der Waals surface area contributed by atoms with Gasteiger partial charge in [0.2, 0.25) is 5.11 Å². The fraction of sp³-hybridized carbons (Fsp3) is 0.318. The number of hydrogen-bond acceptors (Lipinski definition) is 5. The van der Waals surface area contributed by atoms with Crippen LogP contribution in [-0.2, 0) is 11.0 Å². The Morgan fingerprint density at radius 2 is 1.76 bits per heavy atom. The molecule has 0 saturated carbocycles. The number of halogens is 4. The Morgan fingerprint density at radius 3 is 2.24 bits per heavy atom. The summed E-state index contributed by atoms with van der Waals surface area (Å²) in [6.45, 7) is 4.96. The lowest BCUT2D eigenvalue weighted by molar-refractivity contribution is -0.140. The van der Waals surface area contributed by atoms with Crippen LogP contribution in [-0.4, -0.2) is 35.4 Å². The van der Waals surface area contributed by atoms with Crippen LogP contribution in [0, 0.1) is 17.1 Å². The molecule has 2 aromatic rings. The largest absolute Gasteiger partial charge is 0.484 e. The summed E-state index contributed by atoms with van der Waals surface area (Å²) < 4.78 is 60.2. The molecule has 0 bridgehead atoms. The van der Waals surface area contributed by atoms with E-state index >= 15 is 0 Å². The van der Waals surface area contributed by atoms with Crippen molar-refractivity contribution >= 4 is 34.6 Å². The van der Waals surface area contributed by atoms with Crippen LogP contribution in [0.1, 0.15) is 31.9 Å². The molecule has 0 aliphatic rings. The number of hydrogen-bond donors (Lipinski definition) is 2. The van der Waals surface area contributed by atoms with Crippen LogP contribution < -0.4 is 20.0 Å². The SMILES string of the molecule is CNC(=O)COc1ccc(N(C(=S)N(O)c2ccc(C#N)c(C(F)(F)F)c2F)C(C)(C)C)cc1. The lowest BCUT2D eigenvalue weighted by Crippen LogP contribution is -2.51. The smallest absolute Gasteiger partial charge is 0.420 e. The van der Waals surface area contributed by atoms with Gasteiger partial charge < -0.3 is 15.0 Å². The van der Waals surface area contributed by atoms with Gasteiger partial charge in [-0.1, -0.05) is 0 Å². The number of nitriles is 1. The van der Waals surface area contributed by atoms with E-state index in [4.69, 9.17) is 22.2 Å². The number of amides is 1. The number of carbonyl (C=O) groups is 1. The monoisotopic (exact) mass is 498 g/mol. The number of ether oxygens (including phenoxy) is 1. The molecule has 0 atom stereocenters. The third kappa shape index (κ3) is 5.92. The second-order valence-electron chi connectivity index (χ2n) is 7.99. The van der Waals surface area contributed by atoms with Crippen molar-refractivity contribution in [3.05, 3.63) is 53.3 Å². The molecular weight excluding hydrogens is 476 g/mol. The van der Waals surface area contributed by atoms with E-state index in [9.17, 15) is 27.6 Å². The predicted molar refractivity (Wildman–Crippen MR) is 121 cm³/mol. The molecule has 0 fully saturated rings. The van der Waals surface area contributed by atoms with Crippen molar-refractivity contribution in [2.45, 2.75) is 32.5 Å². The van der Waals surface area contributed by atoms with Crippen LogP contribution in [0.15, 0.2) is 36.4 Å². The first-order chi connectivity index (χ1) is 15.7. The molecule has 2 rings (SSSR count). The van der Waals surface area contributed by atoms with E-state index < -0.39 is 39.5 Å². The highest BCUT2D eigenvalue weighted by atomic mass is 32.1. The number of carbonyl (C=O) groups excluding carboxylic acids is 1. The first-order valence-electron chi connectivity index (χ1n) is 9.78. The number of benzene rings is 2. The van der Waals surface area contributed by atoms with Crippen molar-refractivity contribution in [1.82, 2.24) is 5.32 Å². The summed E-state index contributed by atoms with van der Waals surface area (Å²) >= 11 is 5.31. The Morgan fingerprint density at radius 1 is 1.18 bits per heavy atom. The molecule has 7 nitrogen and oxygen atoms in total. The van der Waals surface area contributed by atoms with E-state index in [0.29, 0.717) is 11.4 Å². The maximum Gasteiger partial charge on any atom is 0.420 e. The molecule has 0 saturated heterocycles. The zero-order valence-electron chi connectivity index (χ0n) is 18.7.